The summed E-state index contributed by atoms with van der Waals surface area (Å²) < 4.78 is 0. The van der Waals surface area contributed by atoms with E-state index < -0.39 is 0 Å². The first-order valence-corrected chi connectivity index (χ1v) is 7.18. The highest BCUT2D eigenvalue weighted by atomic mass is 16.2. The number of hydrogen-bond donors (Lipinski definition) is 1. The molecule has 1 amide bonds. The van der Waals surface area contributed by atoms with Crippen molar-refractivity contribution in [3.8, 4) is 0 Å². The Morgan fingerprint density at radius 2 is 2.16 bits per heavy atom. The van der Waals surface area contributed by atoms with Crippen LogP contribution in [0.25, 0.3) is 0 Å². The minimum Gasteiger partial charge on any atom is -0.335 e. The lowest BCUT2D eigenvalue weighted by Gasteiger charge is -2.35. The minimum absolute atomic E-state index is 0.142. The standard InChI is InChI=1S/C15H21N3O/c1-11(13-9-17-10-13)15(19)18-8-2-3-14(18)12-4-6-16-7-5-12/h4-7,11,13-14,17H,2-3,8-10H2,1H3. The Morgan fingerprint density at radius 1 is 1.42 bits per heavy atom. The summed E-state index contributed by atoms with van der Waals surface area (Å²) in [6.07, 6.45) is 5.81. The zero-order valence-corrected chi connectivity index (χ0v) is 11.4. The van der Waals surface area contributed by atoms with Crippen molar-refractivity contribution >= 4 is 5.91 Å². The second-order valence-electron chi connectivity index (χ2n) is 5.68. The van der Waals surface area contributed by atoms with E-state index in [2.05, 4.69) is 22.1 Å². The maximum atomic E-state index is 12.6. The fourth-order valence-corrected chi connectivity index (χ4v) is 3.09. The summed E-state index contributed by atoms with van der Waals surface area (Å²) in [7, 11) is 0. The van der Waals surface area contributed by atoms with Gasteiger partial charge in [0.15, 0.2) is 0 Å². The van der Waals surface area contributed by atoms with Crippen molar-refractivity contribution in [1.82, 2.24) is 15.2 Å². The van der Waals surface area contributed by atoms with Gasteiger partial charge in [-0.15, -0.1) is 0 Å². The van der Waals surface area contributed by atoms with E-state index in [-0.39, 0.29) is 12.0 Å². The number of aromatic nitrogens is 1. The van der Waals surface area contributed by atoms with E-state index >= 15 is 0 Å². The van der Waals surface area contributed by atoms with Gasteiger partial charge in [-0.3, -0.25) is 9.78 Å². The third-order valence-electron chi connectivity index (χ3n) is 4.54. The van der Waals surface area contributed by atoms with Gasteiger partial charge in [0.2, 0.25) is 5.91 Å². The van der Waals surface area contributed by atoms with Gasteiger partial charge in [-0.25, -0.2) is 0 Å². The molecule has 1 aromatic heterocycles. The van der Waals surface area contributed by atoms with E-state index in [4.69, 9.17) is 0 Å². The molecular formula is C15H21N3O. The maximum absolute atomic E-state index is 12.6. The lowest BCUT2D eigenvalue weighted by atomic mass is 9.87. The van der Waals surface area contributed by atoms with Crippen molar-refractivity contribution in [1.29, 1.82) is 0 Å². The molecule has 1 N–H and O–H groups in total. The normalized spacial score (nSPS) is 25.1. The fourth-order valence-electron chi connectivity index (χ4n) is 3.09. The molecule has 4 heteroatoms. The van der Waals surface area contributed by atoms with Gasteiger partial charge in [0.05, 0.1) is 6.04 Å². The van der Waals surface area contributed by atoms with E-state index in [0.717, 1.165) is 32.5 Å². The smallest absolute Gasteiger partial charge is 0.226 e. The Bertz CT molecular complexity index is 444. The van der Waals surface area contributed by atoms with E-state index in [1.54, 1.807) is 0 Å². The lowest BCUT2D eigenvalue weighted by Crippen LogP contribution is -2.50. The van der Waals surface area contributed by atoms with Crippen LogP contribution >= 0.6 is 0 Å². The molecular weight excluding hydrogens is 238 g/mol. The first-order valence-electron chi connectivity index (χ1n) is 7.18. The molecule has 0 spiro atoms. The van der Waals surface area contributed by atoms with Crippen LogP contribution in [0.15, 0.2) is 24.5 Å². The predicted molar refractivity (Wildman–Crippen MR) is 73.4 cm³/mol. The second kappa shape index (κ2) is 5.29. The third kappa shape index (κ3) is 2.37. The van der Waals surface area contributed by atoms with Gasteiger partial charge in [0.1, 0.15) is 0 Å². The molecule has 2 saturated heterocycles. The highest BCUT2D eigenvalue weighted by Crippen LogP contribution is 2.34. The van der Waals surface area contributed by atoms with Crippen LogP contribution in [-0.2, 0) is 4.79 Å². The number of likely N-dealkylation sites (tertiary alicyclic amines) is 1. The molecule has 2 aliphatic rings. The van der Waals surface area contributed by atoms with E-state index in [0.29, 0.717) is 11.8 Å². The van der Waals surface area contributed by atoms with Gasteiger partial charge in [0.25, 0.3) is 0 Å². The van der Waals surface area contributed by atoms with Crippen molar-refractivity contribution in [3.05, 3.63) is 30.1 Å². The van der Waals surface area contributed by atoms with Crippen LogP contribution in [0.3, 0.4) is 0 Å². The molecule has 0 aromatic carbocycles. The summed E-state index contributed by atoms with van der Waals surface area (Å²) in [6.45, 7) is 4.95. The van der Waals surface area contributed by atoms with Crippen LogP contribution < -0.4 is 5.32 Å². The summed E-state index contributed by atoms with van der Waals surface area (Å²) >= 11 is 0. The molecule has 19 heavy (non-hydrogen) atoms. The van der Waals surface area contributed by atoms with Crippen LogP contribution in [0.4, 0.5) is 0 Å². The number of rotatable bonds is 3. The Hall–Kier alpha value is -1.42. The van der Waals surface area contributed by atoms with Crippen molar-refractivity contribution < 1.29 is 4.79 Å². The Labute approximate surface area is 114 Å². The average molecular weight is 259 g/mol. The van der Waals surface area contributed by atoms with Gasteiger partial charge >= 0.3 is 0 Å². The number of nitrogens with one attached hydrogen (secondary N) is 1. The molecule has 0 aliphatic carbocycles. The Kier molecular flexibility index (Phi) is 3.51. The van der Waals surface area contributed by atoms with Gasteiger partial charge < -0.3 is 10.2 Å². The molecule has 0 bridgehead atoms. The molecule has 4 nitrogen and oxygen atoms in total. The van der Waals surface area contributed by atoms with Crippen LogP contribution in [0.5, 0.6) is 0 Å². The second-order valence-corrected chi connectivity index (χ2v) is 5.68. The summed E-state index contributed by atoms with van der Waals surface area (Å²) in [6, 6.07) is 4.32. The summed E-state index contributed by atoms with van der Waals surface area (Å²) in [5, 5.41) is 3.25. The maximum Gasteiger partial charge on any atom is 0.226 e. The average Bonchev–Trinajstić information content (AvgIpc) is 2.86. The first kappa shape index (κ1) is 12.6. The van der Waals surface area contributed by atoms with Crippen molar-refractivity contribution in [3.63, 3.8) is 0 Å². The molecule has 2 atom stereocenters. The van der Waals surface area contributed by atoms with Gasteiger partial charge in [-0.1, -0.05) is 6.92 Å². The zero-order chi connectivity index (χ0) is 13.2. The van der Waals surface area contributed by atoms with Crippen LogP contribution in [0, 0.1) is 11.8 Å². The minimum atomic E-state index is 0.142. The van der Waals surface area contributed by atoms with Crippen LogP contribution in [-0.4, -0.2) is 35.4 Å². The summed E-state index contributed by atoms with van der Waals surface area (Å²) in [4.78, 5) is 18.8. The number of hydrogen-bond acceptors (Lipinski definition) is 3. The van der Waals surface area contributed by atoms with E-state index in [9.17, 15) is 4.79 Å². The van der Waals surface area contributed by atoms with Crippen LogP contribution in [0.1, 0.15) is 31.4 Å². The van der Waals surface area contributed by atoms with Crippen LogP contribution in [0.2, 0.25) is 0 Å². The fraction of sp³-hybridized carbons (Fsp3) is 0.600. The molecule has 3 rings (SSSR count). The quantitative estimate of drug-likeness (QED) is 0.897. The molecule has 2 fully saturated rings. The third-order valence-corrected chi connectivity index (χ3v) is 4.54. The molecule has 0 radical (unpaired) electrons. The lowest BCUT2D eigenvalue weighted by molar-refractivity contribution is -0.138. The molecule has 2 aliphatic heterocycles. The molecule has 0 saturated carbocycles. The molecule has 3 heterocycles. The molecule has 2 unspecified atom stereocenters. The largest absolute Gasteiger partial charge is 0.335 e. The summed E-state index contributed by atoms with van der Waals surface area (Å²) in [5.41, 5.74) is 1.22. The number of amides is 1. The predicted octanol–water partition coefficient (Wildman–Crippen LogP) is 1.60. The highest BCUT2D eigenvalue weighted by Gasteiger charge is 2.36. The number of pyridine rings is 1. The monoisotopic (exact) mass is 259 g/mol. The summed E-state index contributed by atoms with van der Waals surface area (Å²) in [5.74, 6) is 0.987. The molecule has 1 aromatic rings. The van der Waals surface area contributed by atoms with Crippen molar-refractivity contribution in [2.24, 2.45) is 11.8 Å². The number of carbonyl (C=O) groups excluding carboxylic acids is 1. The molecule has 102 valence electrons. The highest BCUT2D eigenvalue weighted by molar-refractivity contribution is 5.79. The van der Waals surface area contributed by atoms with E-state index in [1.165, 1.54) is 5.56 Å². The number of carbonyl (C=O) groups is 1. The van der Waals surface area contributed by atoms with Gasteiger partial charge in [0, 0.05) is 24.9 Å². The zero-order valence-electron chi connectivity index (χ0n) is 11.4. The SMILES string of the molecule is CC(C(=O)N1CCCC1c1ccncc1)C1CNC1. The first-order chi connectivity index (χ1) is 9.27. The van der Waals surface area contributed by atoms with Gasteiger partial charge in [-0.05, 0) is 49.5 Å². The Balaban J connectivity index is 1.74. The van der Waals surface area contributed by atoms with Crippen molar-refractivity contribution in [2.45, 2.75) is 25.8 Å². The Morgan fingerprint density at radius 3 is 2.79 bits per heavy atom. The number of nitrogens with zero attached hydrogens (tertiary/aromatic N) is 2. The topological polar surface area (TPSA) is 45.2 Å². The van der Waals surface area contributed by atoms with Crippen molar-refractivity contribution in [2.75, 3.05) is 19.6 Å². The van der Waals surface area contributed by atoms with E-state index in [1.807, 2.05) is 24.5 Å². The van der Waals surface area contributed by atoms with Gasteiger partial charge in [-0.2, -0.15) is 0 Å².